The van der Waals surface area contributed by atoms with Crippen LogP contribution in [0, 0.1) is 18.3 Å². The molecule has 1 aromatic rings. The molecular weight excluding hydrogens is 180 g/mol. The van der Waals surface area contributed by atoms with Gasteiger partial charge in [-0.15, -0.1) is 0 Å². The molecule has 0 atom stereocenters. The Balaban J connectivity index is 2.72. The molecule has 0 saturated heterocycles. The van der Waals surface area contributed by atoms with Gasteiger partial charge < -0.3 is 0 Å². The zero-order valence-electron chi connectivity index (χ0n) is 7.03. The lowest BCUT2D eigenvalue weighted by atomic mass is 10.1. The van der Waals surface area contributed by atoms with Crippen molar-refractivity contribution in [3.63, 3.8) is 0 Å². The molecule has 1 aromatic carbocycles. The van der Waals surface area contributed by atoms with Crippen LogP contribution < -0.4 is 0 Å². The van der Waals surface area contributed by atoms with Crippen LogP contribution in [0.15, 0.2) is 27.4 Å². The minimum Gasteiger partial charge on any atom is -0.205 e. The standard InChI is InChI=1S/C10H6N2S/c1-7-4-8(6-11)10-9(5-7)12-2-3-13-10/h3-5H,1H3. The first kappa shape index (κ1) is 8.12. The predicted octanol–water partition coefficient (Wildman–Crippen LogP) is 2.79. The van der Waals surface area contributed by atoms with Gasteiger partial charge in [0, 0.05) is 5.41 Å². The van der Waals surface area contributed by atoms with E-state index in [1.165, 1.54) is 11.8 Å². The second-order valence-corrected chi connectivity index (χ2v) is 3.63. The second kappa shape index (κ2) is 3.10. The van der Waals surface area contributed by atoms with Crippen molar-refractivity contribution >= 4 is 23.3 Å². The summed E-state index contributed by atoms with van der Waals surface area (Å²) in [5, 5.41) is 10.6. The van der Waals surface area contributed by atoms with Crippen LogP contribution in [0.3, 0.4) is 0 Å². The molecule has 0 radical (unpaired) electrons. The predicted molar refractivity (Wildman–Crippen MR) is 53.4 cm³/mol. The van der Waals surface area contributed by atoms with E-state index in [1.807, 2.05) is 19.1 Å². The fourth-order valence-corrected chi connectivity index (χ4v) is 1.91. The van der Waals surface area contributed by atoms with Gasteiger partial charge in [0.25, 0.3) is 0 Å². The van der Waals surface area contributed by atoms with E-state index in [2.05, 4.69) is 16.9 Å². The molecule has 0 amide bonds. The number of rotatable bonds is 0. The van der Waals surface area contributed by atoms with E-state index >= 15 is 0 Å². The number of hydrogen-bond acceptors (Lipinski definition) is 3. The molecule has 1 aliphatic rings. The minimum absolute atomic E-state index is 0.696. The highest BCUT2D eigenvalue weighted by atomic mass is 32.2. The molecule has 2 nitrogen and oxygen atoms in total. The molecule has 62 valence electrons. The summed E-state index contributed by atoms with van der Waals surface area (Å²) in [5.74, 6) is 2.77. The van der Waals surface area contributed by atoms with E-state index < -0.39 is 0 Å². The maximum Gasteiger partial charge on any atom is 0.100 e. The van der Waals surface area contributed by atoms with Crippen molar-refractivity contribution in [2.75, 3.05) is 0 Å². The third kappa shape index (κ3) is 1.38. The van der Waals surface area contributed by atoms with Crippen molar-refractivity contribution < 1.29 is 0 Å². The first-order valence-corrected chi connectivity index (χ1v) is 4.68. The lowest BCUT2D eigenvalue weighted by Gasteiger charge is -2.07. The van der Waals surface area contributed by atoms with Crippen molar-refractivity contribution in [1.29, 1.82) is 5.26 Å². The summed E-state index contributed by atoms with van der Waals surface area (Å²) in [7, 11) is 0. The van der Waals surface area contributed by atoms with E-state index in [0.717, 1.165) is 16.1 Å². The quantitative estimate of drug-likeness (QED) is 0.624. The summed E-state index contributed by atoms with van der Waals surface area (Å²) >= 11 is 1.50. The Bertz CT molecular complexity index is 463. The Morgan fingerprint density at radius 2 is 2.38 bits per heavy atom. The Kier molecular flexibility index (Phi) is 1.94. The molecule has 0 N–H and O–H groups in total. The average molecular weight is 186 g/mol. The third-order valence-corrected chi connectivity index (χ3v) is 2.64. The molecule has 0 spiro atoms. The SMILES string of the molecule is Cc1cc(C#N)c2c(c1)N=C=CS2. The summed E-state index contributed by atoms with van der Waals surface area (Å²) < 4.78 is 0. The van der Waals surface area contributed by atoms with E-state index in [-0.39, 0.29) is 0 Å². The summed E-state index contributed by atoms with van der Waals surface area (Å²) in [6.07, 6.45) is 0. The summed E-state index contributed by atoms with van der Waals surface area (Å²) in [4.78, 5) is 5.02. The first-order chi connectivity index (χ1) is 6.31. The van der Waals surface area contributed by atoms with Crippen LogP contribution in [0.5, 0.6) is 0 Å². The van der Waals surface area contributed by atoms with Crippen LogP contribution in [0.4, 0.5) is 5.69 Å². The van der Waals surface area contributed by atoms with Gasteiger partial charge in [0.2, 0.25) is 0 Å². The summed E-state index contributed by atoms with van der Waals surface area (Å²) in [6, 6.07) is 6.00. The highest BCUT2D eigenvalue weighted by Crippen LogP contribution is 2.35. The molecule has 13 heavy (non-hydrogen) atoms. The molecular formula is C10H6N2S. The maximum absolute atomic E-state index is 8.88. The van der Waals surface area contributed by atoms with Crippen molar-refractivity contribution in [3.8, 4) is 6.07 Å². The Morgan fingerprint density at radius 1 is 1.54 bits per heavy atom. The molecule has 0 aliphatic carbocycles. The number of thioether (sulfide) groups is 1. The number of nitrogens with zero attached hydrogens (tertiary/aromatic N) is 2. The van der Waals surface area contributed by atoms with Gasteiger partial charge >= 0.3 is 0 Å². The van der Waals surface area contributed by atoms with Gasteiger partial charge in [0.15, 0.2) is 0 Å². The second-order valence-electron chi connectivity index (χ2n) is 2.75. The minimum atomic E-state index is 0.696. The number of fused-ring (bicyclic) bond motifs is 1. The van der Waals surface area contributed by atoms with Gasteiger partial charge in [0.1, 0.15) is 6.07 Å². The average Bonchev–Trinajstić information content (AvgIpc) is 2.16. The van der Waals surface area contributed by atoms with E-state index in [0.29, 0.717) is 5.56 Å². The van der Waals surface area contributed by atoms with Crippen LogP contribution >= 0.6 is 11.8 Å². The highest BCUT2D eigenvalue weighted by Gasteiger charge is 2.10. The van der Waals surface area contributed by atoms with Crippen molar-refractivity contribution in [2.45, 2.75) is 11.8 Å². The molecule has 1 aliphatic heterocycles. The van der Waals surface area contributed by atoms with E-state index in [1.54, 1.807) is 5.41 Å². The van der Waals surface area contributed by atoms with Gasteiger partial charge in [-0.1, -0.05) is 11.8 Å². The van der Waals surface area contributed by atoms with Gasteiger partial charge in [-0.05, 0) is 30.5 Å². The Morgan fingerprint density at radius 3 is 3.15 bits per heavy atom. The fraction of sp³-hybridized carbons (Fsp3) is 0.100. The largest absolute Gasteiger partial charge is 0.205 e. The van der Waals surface area contributed by atoms with Crippen LogP contribution in [0.2, 0.25) is 0 Å². The first-order valence-electron chi connectivity index (χ1n) is 3.80. The normalized spacial score (nSPS) is 12.3. The molecule has 0 unspecified atom stereocenters. The Labute approximate surface area is 80.6 Å². The van der Waals surface area contributed by atoms with Gasteiger partial charge in [0.05, 0.1) is 16.1 Å². The molecule has 0 bridgehead atoms. The van der Waals surface area contributed by atoms with E-state index in [9.17, 15) is 0 Å². The number of benzene rings is 1. The molecule has 0 aromatic heterocycles. The van der Waals surface area contributed by atoms with Crippen LogP contribution in [0.1, 0.15) is 11.1 Å². The van der Waals surface area contributed by atoms with Crippen LogP contribution in [-0.2, 0) is 0 Å². The lowest BCUT2D eigenvalue weighted by Crippen LogP contribution is -1.86. The van der Waals surface area contributed by atoms with Gasteiger partial charge in [-0.3, -0.25) is 0 Å². The summed E-state index contributed by atoms with van der Waals surface area (Å²) in [5.41, 5.74) is 2.61. The number of hydrogen-bond donors (Lipinski definition) is 0. The molecule has 0 saturated carbocycles. The van der Waals surface area contributed by atoms with Crippen LogP contribution in [0.25, 0.3) is 0 Å². The number of aliphatic imine (C=N–C) groups is 1. The smallest absolute Gasteiger partial charge is 0.100 e. The highest BCUT2D eigenvalue weighted by molar-refractivity contribution is 8.02. The molecule has 0 fully saturated rings. The fourth-order valence-electron chi connectivity index (χ4n) is 1.23. The third-order valence-electron chi connectivity index (χ3n) is 1.75. The Hall–Kier alpha value is -1.49. The van der Waals surface area contributed by atoms with Gasteiger partial charge in [-0.2, -0.15) is 5.26 Å². The molecule has 1 heterocycles. The van der Waals surface area contributed by atoms with Gasteiger partial charge in [-0.25, -0.2) is 4.99 Å². The van der Waals surface area contributed by atoms with Crippen molar-refractivity contribution in [1.82, 2.24) is 0 Å². The topological polar surface area (TPSA) is 36.1 Å². The van der Waals surface area contributed by atoms with Crippen molar-refractivity contribution in [3.05, 3.63) is 28.7 Å². The van der Waals surface area contributed by atoms with E-state index in [4.69, 9.17) is 5.26 Å². The summed E-state index contributed by atoms with van der Waals surface area (Å²) in [6.45, 7) is 1.96. The number of nitriles is 1. The monoisotopic (exact) mass is 186 g/mol. The molecule has 2 rings (SSSR count). The van der Waals surface area contributed by atoms with Crippen molar-refractivity contribution in [2.24, 2.45) is 4.99 Å². The maximum atomic E-state index is 8.88. The zero-order valence-corrected chi connectivity index (χ0v) is 7.85. The lowest BCUT2D eigenvalue weighted by molar-refractivity contribution is 1.29. The number of aryl methyl sites for hydroxylation is 1. The zero-order chi connectivity index (χ0) is 9.26. The van der Waals surface area contributed by atoms with Crippen LogP contribution in [-0.4, -0.2) is 5.87 Å². The molecule has 3 heteroatoms.